The fourth-order valence-corrected chi connectivity index (χ4v) is 4.07. The van der Waals surface area contributed by atoms with Gasteiger partial charge in [0.1, 0.15) is 0 Å². The third-order valence-corrected chi connectivity index (χ3v) is 5.50. The standard InChI is InChI=1S/C24H25N3O2S/c1-19(29)25-20-13-14-23-22(18-20)27(16-17-28)24(30-23)12-8-3-4-9-15-26(2)21-10-6-5-7-11-21/h3-15,18,28H,16-17H2,1-2H3/b4-3+,12-8+,15-9-,25-20?. The number of aliphatic hydroxyl groups is 1. The minimum Gasteiger partial charge on any atom is -0.395 e. The Hall–Kier alpha value is -3.22. The van der Waals surface area contributed by atoms with Crippen molar-refractivity contribution in [3.63, 3.8) is 0 Å². The first-order chi connectivity index (χ1) is 14.6. The van der Waals surface area contributed by atoms with Gasteiger partial charge in [-0.15, -0.1) is 10.9 Å². The van der Waals surface area contributed by atoms with E-state index in [0.717, 1.165) is 21.2 Å². The summed E-state index contributed by atoms with van der Waals surface area (Å²) in [5.41, 5.74) is 2.72. The van der Waals surface area contributed by atoms with Crippen LogP contribution in [0.15, 0.2) is 95.8 Å². The maximum Gasteiger partial charge on any atom is 0.243 e. The zero-order valence-electron chi connectivity index (χ0n) is 17.1. The van der Waals surface area contributed by atoms with E-state index in [1.807, 2.05) is 85.0 Å². The molecule has 0 atom stereocenters. The minimum atomic E-state index is -0.227. The van der Waals surface area contributed by atoms with E-state index in [4.69, 9.17) is 0 Å². The fraction of sp³-hybridized carbons (Fsp3) is 0.167. The highest BCUT2D eigenvalue weighted by atomic mass is 32.1. The first kappa shape index (κ1) is 21.5. The van der Waals surface area contributed by atoms with E-state index in [1.54, 1.807) is 10.9 Å². The highest BCUT2D eigenvalue weighted by Crippen LogP contribution is 2.22. The number of rotatable bonds is 7. The number of aliphatic hydroxyl groups excluding tert-OH is 1. The highest BCUT2D eigenvalue weighted by Gasteiger charge is 2.23. The van der Waals surface area contributed by atoms with Crippen molar-refractivity contribution in [3.05, 3.63) is 90.8 Å². The number of para-hydroxylation sites is 1. The molecule has 1 amide bonds. The minimum absolute atomic E-state index is 0.0375. The van der Waals surface area contributed by atoms with Crippen LogP contribution in [0.25, 0.3) is 0 Å². The van der Waals surface area contributed by atoms with Gasteiger partial charge in [0.2, 0.25) is 5.91 Å². The summed E-state index contributed by atoms with van der Waals surface area (Å²) in [6, 6.07) is 10.2. The predicted octanol–water partition coefficient (Wildman–Crippen LogP) is 3.53. The Morgan fingerprint density at radius 3 is 2.67 bits per heavy atom. The van der Waals surface area contributed by atoms with Crippen LogP contribution in [0.4, 0.5) is 5.69 Å². The van der Waals surface area contributed by atoms with Crippen LogP contribution in [0, 0.1) is 0 Å². The molecule has 1 aromatic carbocycles. The Morgan fingerprint density at radius 1 is 1.17 bits per heavy atom. The zero-order valence-corrected chi connectivity index (χ0v) is 17.9. The number of amides is 1. The molecule has 3 rings (SSSR count). The molecule has 6 heteroatoms. The number of fused-ring (bicyclic) bond motifs is 1. The van der Waals surface area contributed by atoms with Crippen molar-refractivity contribution in [1.29, 1.82) is 0 Å². The van der Waals surface area contributed by atoms with Crippen LogP contribution in [-0.2, 0) is 4.79 Å². The van der Waals surface area contributed by atoms with Crippen molar-refractivity contribution in [2.75, 3.05) is 25.1 Å². The molecule has 0 aromatic heterocycles. The van der Waals surface area contributed by atoms with Crippen LogP contribution in [-0.4, -0.2) is 51.7 Å². The van der Waals surface area contributed by atoms with Crippen molar-refractivity contribution in [2.45, 2.75) is 6.92 Å². The topological polar surface area (TPSA) is 56.1 Å². The van der Waals surface area contributed by atoms with E-state index < -0.39 is 0 Å². The fourth-order valence-electron chi connectivity index (χ4n) is 2.99. The third kappa shape index (κ3) is 5.65. The molecule has 2 aliphatic rings. The van der Waals surface area contributed by atoms with Crippen molar-refractivity contribution < 1.29 is 9.90 Å². The van der Waals surface area contributed by atoms with Crippen LogP contribution >= 0.6 is 10.9 Å². The molecule has 1 aromatic rings. The molecular weight excluding hydrogens is 394 g/mol. The smallest absolute Gasteiger partial charge is 0.243 e. The van der Waals surface area contributed by atoms with Gasteiger partial charge in [-0.05, 0) is 42.5 Å². The van der Waals surface area contributed by atoms with Gasteiger partial charge in [0.25, 0.3) is 0 Å². The molecule has 1 aliphatic carbocycles. The van der Waals surface area contributed by atoms with Crippen molar-refractivity contribution >= 4 is 38.1 Å². The Kier molecular flexibility index (Phi) is 7.54. The lowest BCUT2D eigenvalue weighted by atomic mass is 10.1. The van der Waals surface area contributed by atoms with Gasteiger partial charge < -0.3 is 14.9 Å². The average molecular weight is 420 g/mol. The van der Waals surface area contributed by atoms with Gasteiger partial charge in [0.15, 0.2) is 0 Å². The van der Waals surface area contributed by atoms with Crippen LogP contribution in [0.3, 0.4) is 0 Å². The van der Waals surface area contributed by atoms with Crippen molar-refractivity contribution in [3.8, 4) is 0 Å². The lowest BCUT2D eigenvalue weighted by Gasteiger charge is -2.23. The van der Waals surface area contributed by atoms with E-state index in [1.165, 1.54) is 6.92 Å². The Labute approximate surface area is 180 Å². The molecule has 30 heavy (non-hydrogen) atoms. The molecule has 0 bridgehead atoms. The molecular formula is C24H25N3O2S. The largest absolute Gasteiger partial charge is 0.395 e. The summed E-state index contributed by atoms with van der Waals surface area (Å²) in [7, 11) is 3.65. The molecule has 1 N–H and O–H groups in total. The van der Waals surface area contributed by atoms with Crippen molar-refractivity contribution in [2.24, 2.45) is 4.99 Å². The summed E-state index contributed by atoms with van der Waals surface area (Å²) in [6.45, 7) is 1.96. The van der Waals surface area contributed by atoms with Crippen LogP contribution in [0.5, 0.6) is 0 Å². The quantitative estimate of drug-likeness (QED) is 0.417. The number of allylic oxidation sites excluding steroid dienone is 7. The van der Waals surface area contributed by atoms with E-state index in [9.17, 15) is 9.90 Å². The summed E-state index contributed by atoms with van der Waals surface area (Å²) in [6.07, 6.45) is 17.6. The summed E-state index contributed by atoms with van der Waals surface area (Å²) in [4.78, 5) is 21.5. The van der Waals surface area contributed by atoms with E-state index in [2.05, 4.69) is 22.0 Å². The number of carbonyl (C=O) groups excluding carboxylic acids is 1. The van der Waals surface area contributed by atoms with Gasteiger partial charge >= 0.3 is 0 Å². The molecule has 0 saturated carbocycles. The van der Waals surface area contributed by atoms with Gasteiger partial charge in [0, 0.05) is 32.4 Å². The first-order valence-electron chi connectivity index (χ1n) is 9.67. The molecule has 1 heterocycles. The lowest BCUT2D eigenvalue weighted by Crippen LogP contribution is -2.31. The van der Waals surface area contributed by atoms with Gasteiger partial charge in [-0.2, -0.15) is 0 Å². The number of hydrogen-bond acceptors (Lipinski definition) is 4. The summed E-state index contributed by atoms with van der Waals surface area (Å²) in [5.74, 6) is -0.227. The Balaban J connectivity index is 1.67. The van der Waals surface area contributed by atoms with E-state index in [-0.39, 0.29) is 12.5 Å². The number of benzene rings is 1. The second kappa shape index (κ2) is 10.5. The third-order valence-electron chi connectivity index (χ3n) is 4.37. The number of carbonyl (C=O) groups is 1. The van der Waals surface area contributed by atoms with Crippen LogP contribution in [0.2, 0.25) is 0 Å². The summed E-state index contributed by atoms with van der Waals surface area (Å²) in [5, 5.41) is 9.48. The molecule has 1 aliphatic heterocycles. The van der Waals surface area contributed by atoms with Crippen molar-refractivity contribution in [1.82, 2.24) is 4.90 Å². The van der Waals surface area contributed by atoms with Gasteiger partial charge in [-0.25, -0.2) is 4.99 Å². The molecule has 0 radical (unpaired) electrons. The molecule has 0 unspecified atom stereocenters. The van der Waals surface area contributed by atoms with Gasteiger partial charge in [0.05, 0.1) is 27.9 Å². The highest BCUT2D eigenvalue weighted by molar-refractivity contribution is 7.99. The summed E-state index contributed by atoms with van der Waals surface area (Å²) < 4.78 is 0. The second-order valence-electron chi connectivity index (χ2n) is 6.63. The van der Waals surface area contributed by atoms with Crippen LogP contribution < -0.4 is 4.90 Å². The monoisotopic (exact) mass is 419 g/mol. The number of anilines is 1. The number of aliphatic imine (C=N–C) groups is 1. The molecule has 0 spiro atoms. The van der Waals surface area contributed by atoms with Crippen LogP contribution in [0.1, 0.15) is 6.92 Å². The molecule has 154 valence electrons. The zero-order chi connectivity index (χ0) is 21.3. The Morgan fingerprint density at radius 2 is 1.93 bits per heavy atom. The Bertz CT molecular complexity index is 1040. The number of nitrogens with zero attached hydrogens (tertiary/aromatic N) is 3. The first-order valence-corrected chi connectivity index (χ1v) is 10.5. The number of hydrogen-bond donors (Lipinski definition) is 1. The lowest BCUT2D eigenvalue weighted by molar-refractivity contribution is -0.115. The maximum absolute atomic E-state index is 11.3. The summed E-state index contributed by atoms with van der Waals surface area (Å²) >= 11 is 0. The normalized spacial score (nSPS) is 17.4. The van der Waals surface area contributed by atoms with Gasteiger partial charge in [-0.1, -0.05) is 36.4 Å². The SMILES string of the molecule is CC(=O)N=C1C=CC2=S=C(/C=C/C=C/C=C\N(C)c3ccccc3)N(CCO)C2=C1. The molecule has 0 fully saturated rings. The molecule has 5 nitrogen and oxygen atoms in total. The predicted molar refractivity (Wildman–Crippen MR) is 129 cm³/mol. The average Bonchev–Trinajstić information content (AvgIpc) is 3.08. The van der Waals surface area contributed by atoms with Gasteiger partial charge in [-0.3, -0.25) is 4.79 Å². The number of β-amino-alcohol motifs (C(OH)–C–C–N with tert-alkyl or cyclic N) is 1. The maximum atomic E-state index is 11.3. The second-order valence-corrected chi connectivity index (χ2v) is 7.69. The van der Waals surface area contributed by atoms with E-state index in [0.29, 0.717) is 12.3 Å². The molecule has 0 saturated heterocycles. The van der Waals surface area contributed by atoms with E-state index >= 15 is 0 Å².